The zero-order valence-electron chi connectivity index (χ0n) is 16.0. The van der Waals surface area contributed by atoms with Gasteiger partial charge in [0.15, 0.2) is 0 Å². The largest absolute Gasteiger partial charge is 0.481 e. The van der Waals surface area contributed by atoms with E-state index in [4.69, 9.17) is 5.11 Å². The number of aromatic nitrogens is 3. The van der Waals surface area contributed by atoms with Gasteiger partial charge in [-0.1, -0.05) is 39.8 Å². The van der Waals surface area contributed by atoms with E-state index in [1.165, 1.54) is 15.6 Å². The molecule has 146 valence electrons. The molecule has 1 N–H and O–H groups in total. The molecule has 1 aromatic carbocycles. The van der Waals surface area contributed by atoms with E-state index < -0.39 is 17.7 Å². The van der Waals surface area contributed by atoms with Crippen molar-refractivity contribution in [1.82, 2.24) is 19.7 Å². The predicted molar refractivity (Wildman–Crippen MR) is 98.4 cm³/mol. The van der Waals surface area contributed by atoms with Crippen molar-refractivity contribution < 1.29 is 19.1 Å². The van der Waals surface area contributed by atoms with Gasteiger partial charge in [-0.3, -0.25) is 9.59 Å². The van der Waals surface area contributed by atoms with E-state index >= 15 is 0 Å². The first kappa shape index (κ1) is 20.5. The van der Waals surface area contributed by atoms with Gasteiger partial charge in [-0.15, -0.1) is 5.10 Å². The highest BCUT2D eigenvalue weighted by atomic mass is 19.1. The molecule has 1 amide bonds. The highest BCUT2D eigenvalue weighted by Crippen LogP contribution is 2.20. The van der Waals surface area contributed by atoms with Crippen molar-refractivity contribution in [1.29, 1.82) is 0 Å². The molecule has 0 unspecified atom stereocenters. The Morgan fingerprint density at radius 3 is 2.44 bits per heavy atom. The highest BCUT2D eigenvalue weighted by molar-refractivity contribution is 5.90. The van der Waals surface area contributed by atoms with Crippen LogP contribution in [0.5, 0.6) is 0 Å². The van der Waals surface area contributed by atoms with Crippen LogP contribution in [0.25, 0.3) is 5.69 Å². The van der Waals surface area contributed by atoms with E-state index in [9.17, 15) is 14.0 Å². The lowest BCUT2D eigenvalue weighted by Gasteiger charge is -2.22. The summed E-state index contributed by atoms with van der Waals surface area (Å²) in [5.41, 5.74) is 0.216. The summed E-state index contributed by atoms with van der Waals surface area (Å²) in [5.74, 6) is -1.43. The molecule has 27 heavy (non-hydrogen) atoms. The Kier molecular flexibility index (Phi) is 6.65. The number of hydrogen-bond donors (Lipinski definition) is 1. The molecule has 7 nitrogen and oxygen atoms in total. The maximum Gasteiger partial charge on any atom is 0.305 e. The number of hydrogen-bond acceptors (Lipinski definition) is 4. The second kappa shape index (κ2) is 8.75. The maximum absolute atomic E-state index is 14.2. The van der Waals surface area contributed by atoms with Crippen LogP contribution in [0.3, 0.4) is 0 Å². The van der Waals surface area contributed by atoms with Crippen molar-refractivity contribution in [3.63, 3.8) is 0 Å². The molecule has 0 bridgehead atoms. The highest BCUT2D eigenvalue weighted by Gasteiger charge is 2.25. The first-order valence-electron chi connectivity index (χ1n) is 8.93. The topological polar surface area (TPSA) is 88.3 Å². The van der Waals surface area contributed by atoms with Crippen LogP contribution in [0.4, 0.5) is 4.39 Å². The van der Waals surface area contributed by atoms with Crippen LogP contribution in [0, 0.1) is 11.7 Å². The zero-order valence-corrected chi connectivity index (χ0v) is 16.0. The van der Waals surface area contributed by atoms with Gasteiger partial charge in [0.2, 0.25) is 5.82 Å². The fraction of sp³-hybridized carbons (Fsp3) is 0.474. The third-order valence-electron chi connectivity index (χ3n) is 3.89. The number of benzene rings is 1. The summed E-state index contributed by atoms with van der Waals surface area (Å²) in [4.78, 5) is 29.6. The van der Waals surface area contributed by atoms with Gasteiger partial charge in [0.1, 0.15) is 17.3 Å². The molecule has 0 saturated carbocycles. The van der Waals surface area contributed by atoms with Gasteiger partial charge in [-0.25, -0.2) is 14.1 Å². The van der Waals surface area contributed by atoms with Crippen LogP contribution in [-0.4, -0.2) is 49.7 Å². The standard InChI is InChI=1S/C19H25FN4O3/c1-12(2)11-23(10-9-16(25)26)19(27)17-21-18(13(3)4)24(22-17)15-8-6-5-7-14(15)20/h5-8,12-13H,9-11H2,1-4H3,(H,25,26). The van der Waals surface area contributed by atoms with Gasteiger partial charge < -0.3 is 10.0 Å². The SMILES string of the molecule is CC(C)CN(CCC(=O)O)C(=O)c1nc(C(C)C)n(-c2ccccc2F)n1. The molecule has 0 aliphatic heterocycles. The van der Waals surface area contributed by atoms with Gasteiger partial charge in [-0.2, -0.15) is 0 Å². The molecule has 0 spiro atoms. The monoisotopic (exact) mass is 376 g/mol. The summed E-state index contributed by atoms with van der Waals surface area (Å²) >= 11 is 0. The number of carbonyl (C=O) groups is 2. The molecule has 1 heterocycles. The van der Waals surface area contributed by atoms with E-state index in [1.54, 1.807) is 18.2 Å². The summed E-state index contributed by atoms with van der Waals surface area (Å²) in [6.07, 6.45) is -0.163. The average molecular weight is 376 g/mol. The Morgan fingerprint density at radius 1 is 1.22 bits per heavy atom. The molecule has 0 fully saturated rings. The normalized spacial score (nSPS) is 11.2. The van der Waals surface area contributed by atoms with Crippen molar-refractivity contribution in [2.45, 2.75) is 40.0 Å². The Labute approximate surface area is 157 Å². The molecule has 0 saturated heterocycles. The minimum absolute atomic E-state index is 0.0620. The third-order valence-corrected chi connectivity index (χ3v) is 3.89. The predicted octanol–water partition coefficient (Wildman–Crippen LogP) is 3.10. The van der Waals surface area contributed by atoms with Crippen LogP contribution in [0.2, 0.25) is 0 Å². The van der Waals surface area contributed by atoms with Crippen LogP contribution in [0.15, 0.2) is 24.3 Å². The number of carbonyl (C=O) groups excluding carboxylic acids is 1. The molecular weight excluding hydrogens is 351 g/mol. The van der Waals surface area contributed by atoms with Gasteiger partial charge >= 0.3 is 5.97 Å². The number of nitrogens with zero attached hydrogens (tertiary/aromatic N) is 4. The van der Waals surface area contributed by atoms with Crippen molar-refractivity contribution in [3.8, 4) is 5.69 Å². The van der Waals surface area contributed by atoms with Crippen molar-refractivity contribution in [3.05, 3.63) is 41.7 Å². The molecule has 0 aliphatic rings. The summed E-state index contributed by atoms with van der Waals surface area (Å²) in [6, 6.07) is 6.15. The molecule has 8 heteroatoms. The Balaban J connectivity index is 2.41. The molecule has 0 aliphatic carbocycles. The van der Waals surface area contributed by atoms with Gasteiger partial charge in [0, 0.05) is 19.0 Å². The quantitative estimate of drug-likeness (QED) is 0.765. The second-order valence-corrected chi connectivity index (χ2v) is 7.10. The number of rotatable bonds is 8. The Hall–Kier alpha value is -2.77. The summed E-state index contributed by atoms with van der Waals surface area (Å²) in [6.45, 7) is 8.09. The molecule has 1 aromatic heterocycles. The van der Waals surface area contributed by atoms with E-state index in [-0.39, 0.29) is 36.3 Å². The zero-order chi connectivity index (χ0) is 20.1. The number of aliphatic carboxylic acids is 1. The van der Waals surface area contributed by atoms with Crippen molar-refractivity contribution in [2.24, 2.45) is 5.92 Å². The van der Waals surface area contributed by atoms with Crippen LogP contribution < -0.4 is 0 Å². The number of carboxylic acids is 1. The van der Waals surface area contributed by atoms with Crippen LogP contribution in [0.1, 0.15) is 56.5 Å². The lowest BCUT2D eigenvalue weighted by molar-refractivity contribution is -0.137. The lowest BCUT2D eigenvalue weighted by atomic mass is 10.2. The van der Waals surface area contributed by atoms with E-state index in [1.807, 2.05) is 27.7 Å². The summed E-state index contributed by atoms with van der Waals surface area (Å²) in [5, 5.41) is 13.2. The number of carboxylic acid groups (broad SMARTS) is 1. The van der Waals surface area contributed by atoms with Gasteiger partial charge in [0.05, 0.1) is 6.42 Å². The van der Waals surface area contributed by atoms with Crippen LogP contribution in [-0.2, 0) is 4.79 Å². The minimum atomic E-state index is -0.982. The minimum Gasteiger partial charge on any atom is -0.481 e. The first-order chi connectivity index (χ1) is 12.7. The number of amides is 1. The molecular formula is C19H25FN4O3. The Morgan fingerprint density at radius 2 is 1.89 bits per heavy atom. The van der Waals surface area contributed by atoms with Crippen molar-refractivity contribution in [2.75, 3.05) is 13.1 Å². The smallest absolute Gasteiger partial charge is 0.305 e. The van der Waals surface area contributed by atoms with Gasteiger partial charge in [-0.05, 0) is 18.1 Å². The fourth-order valence-electron chi connectivity index (χ4n) is 2.68. The summed E-state index contributed by atoms with van der Waals surface area (Å²) in [7, 11) is 0. The van der Waals surface area contributed by atoms with E-state index in [2.05, 4.69) is 10.1 Å². The van der Waals surface area contributed by atoms with Crippen molar-refractivity contribution >= 4 is 11.9 Å². The lowest BCUT2D eigenvalue weighted by Crippen LogP contribution is -2.36. The van der Waals surface area contributed by atoms with E-state index in [0.29, 0.717) is 12.4 Å². The molecule has 0 radical (unpaired) electrons. The second-order valence-electron chi connectivity index (χ2n) is 7.10. The first-order valence-corrected chi connectivity index (χ1v) is 8.93. The van der Waals surface area contributed by atoms with E-state index in [0.717, 1.165) is 0 Å². The summed E-state index contributed by atoms with van der Waals surface area (Å²) < 4.78 is 15.6. The Bertz CT molecular complexity index is 817. The average Bonchev–Trinajstić information content (AvgIpc) is 3.03. The number of para-hydroxylation sites is 1. The van der Waals surface area contributed by atoms with Crippen LogP contribution >= 0.6 is 0 Å². The maximum atomic E-state index is 14.2. The third kappa shape index (κ3) is 5.12. The number of halogens is 1. The van der Waals surface area contributed by atoms with Gasteiger partial charge in [0.25, 0.3) is 5.91 Å². The molecule has 0 atom stereocenters. The molecule has 2 aromatic rings. The fourth-order valence-corrected chi connectivity index (χ4v) is 2.68. The molecule has 2 rings (SSSR count).